The Hall–Kier alpha value is -2.16. The number of hydrogen-bond acceptors (Lipinski definition) is 3. The lowest BCUT2D eigenvalue weighted by molar-refractivity contribution is 0.174. The molecule has 1 aliphatic heterocycles. The summed E-state index contributed by atoms with van der Waals surface area (Å²) in [6.45, 7) is 0.786. The van der Waals surface area contributed by atoms with Crippen LogP contribution >= 0.6 is 11.6 Å². The minimum absolute atomic E-state index is 0.0571. The lowest BCUT2D eigenvalue weighted by Gasteiger charge is -2.35. The maximum atomic E-state index is 13.4. The van der Waals surface area contributed by atoms with Crippen LogP contribution in [0.5, 0.6) is 0 Å². The zero-order chi connectivity index (χ0) is 21.2. The highest BCUT2D eigenvalue weighted by atomic mass is 35.5. The van der Waals surface area contributed by atoms with E-state index >= 15 is 0 Å². The standard InChI is InChI=1S/C20H23ClFN3O3S/c1-24(17-8-10-25(11-9-17)29(2,27)28)20(26)23-19-7-6-15(13-18(19)21)14-4-3-5-16(22)12-14/h3-7,12-13,17H,8-11H2,1-2H3,(H,23,26). The van der Waals surface area contributed by atoms with E-state index in [1.54, 1.807) is 42.3 Å². The molecule has 156 valence electrons. The molecule has 0 aliphatic carbocycles. The fraction of sp³-hybridized carbons (Fsp3) is 0.350. The van der Waals surface area contributed by atoms with Crippen molar-refractivity contribution in [2.45, 2.75) is 18.9 Å². The molecule has 0 unspecified atom stereocenters. The summed E-state index contributed by atoms with van der Waals surface area (Å²) in [7, 11) is -1.52. The van der Waals surface area contributed by atoms with Crippen LogP contribution in [0.15, 0.2) is 42.5 Å². The molecule has 1 fully saturated rings. The molecule has 0 atom stereocenters. The quantitative estimate of drug-likeness (QED) is 0.781. The highest BCUT2D eigenvalue weighted by molar-refractivity contribution is 7.88. The summed E-state index contributed by atoms with van der Waals surface area (Å²) < 4.78 is 38.1. The van der Waals surface area contributed by atoms with Crippen LogP contribution in [-0.4, -0.2) is 56.1 Å². The number of carbonyl (C=O) groups excluding carboxylic acids is 1. The molecule has 2 aromatic rings. The van der Waals surface area contributed by atoms with E-state index in [4.69, 9.17) is 11.6 Å². The number of anilines is 1. The molecular weight excluding hydrogens is 417 g/mol. The highest BCUT2D eigenvalue weighted by Crippen LogP contribution is 2.29. The Bertz CT molecular complexity index is 1010. The molecule has 2 aromatic carbocycles. The first kappa shape index (κ1) is 21.5. The number of hydrogen-bond donors (Lipinski definition) is 1. The topological polar surface area (TPSA) is 69.7 Å². The van der Waals surface area contributed by atoms with E-state index in [-0.39, 0.29) is 17.9 Å². The van der Waals surface area contributed by atoms with Crippen molar-refractivity contribution in [1.82, 2.24) is 9.21 Å². The van der Waals surface area contributed by atoms with E-state index in [0.717, 1.165) is 5.56 Å². The third-order valence-electron chi connectivity index (χ3n) is 5.13. The van der Waals surface area contributed by atoms with Crippen molar-refractivity contribution in [2.75, 3.05) is 31.7 Å². The molecule has 1 N–H and O–H groups in total. The van der Waals surface area contributed by atoms with Crippen LogP contribution in [0.2, 0.25) is 5.02 Å². The molecule has 6 nitrogen and oxygen atoms in total. The lowest BCUT2D eigenvalue weighted by Crippen LogP contribution is -2.48. The van der Waals surface area contributed by atoms with Crippen LogP contribution in [0.3, 0.4) is 0 Å². The van der Waals surface area contributed by atoms with E-state index in [1.165, 1.54) is 22.7 Å². The molecule has 1 aliphatic rings. The zero-order valence-electron chi connectivity index (χ0n) is 16.2. The second-order valence-corrected chi connectivity index (χ2v) is 9.53. The van der Waals surface area contributed by atoms with Gasteiger partial charge >= 0.3 is 6.03 Å². The van der Waals surface area contributed by atoms with Crippen molar-refractivity contribution < 1.29 is 17.6 Å². The van der Waals surface area contributed by atoms with Gasteiger partial charge in [-0.1, -0.05) is 29.8 Å². The zero-order valence-corrected chi connectivity index (χ0v) is 17.8. The molecule has 3 rings (SSSR count). The van der Waals surface area contributed by atoms with Gasteiger partial charge in [0.2, 0.25) is 10.0 Å². The number of nitrogens with one attached hydrogen (secondary N) is 1. The van der Waals surface area contributed by atoms with Gasteiger partial charge in [-0.25, -0.2) is 21.9 Å². The maximum Gasteiger partial charge on any atom is 0.321 e. The molecule has 29 heavy (non-hydrogen) atoms. The summed E-state index contributed by atoms with van der Waals surface area (Å²) in [6.07, 6.45) is 2.34. The van der Waals surface area contributed by atoms with Gasteiger partial charge in [-0.2, -0.15) is 0 Å². The first-order valence-electron chi connectivity index (χ1n) is 9.19. The first-order valence-corrected chi connectivity index (χ1v) is 11.4. The minimum Gasteiger partial charge on any atom is -0.325 e. The molecule has 1 saturated heterocycles. The molecule has 1 heterocycles. The number of carbonyl (C=O) groups is 1. The Morgan fingerprint density at radius 3 is 2.41 bits per heavy atom. The number of rotatable bonds is 4. The normalized spacial score (nSPS) is 15.9. The number of piperidine rings is 1. The summed E-state index contributed by atoms with van der Waals surface area (Å²) >= 11 is 6.32. The van der Waals surface area contributed by atoms with Crippen LogP contribution in [0.1, 0.15) is 12.8 Å². The molecule has 2 amide bonds. The van der Waals surface area contributed by atoms with Crippen LogP contribution in [0, 0.1) is 5.82 Å². The van der Waals surface area contributed by atoms with Gasteiger partial charge in [0.25, 0.3) is 0 Å². The molecule has 9 heteroatoms. The van der Waals surface area contributed by atoms with Crippen LogP contribution in [0.25, 0.3) is 11.1 Å². The van der Waals surface area contributed by atoms with E-state index in [0.29, 0.717) is 42.2 Å². The number of amides is 2. The predicted octanol–water partition coefficient (Wildman–Crippen LogP) is 4.03. The number of sulfonamides is 1. The summed E-state index contributed by atoms with van der Waals surface area (Å²) in [4.78, 5) is 14.2. The molecule has 0 radical (unpaired) electrons. The Kier molecular flexibility index (Phi) is 6.45. The van der Waals surface area contributed by atoms with E-state index in [9.17, 15) is 17.6 Å². The van der Waals surface area contributed by atoms with Crippen molar-refractivity contribution >= 4 is 33.3 Å². The van der Waals surface area contributed by atoms with E-state index in [1.807, 2.05) is 0 Å². The van der Waals surface area contributed by atoms with Crippen LogP contribution in [0.4, 0.5) is 14.9 Å². The fourth-order valence-electron chi connectivity index (χ4n) is 3.39. The van der Waals surface area contributed by atoms with Gasteiger partial charge in [0, 0.05) is 26.2 Å². The third kappa shape index (κ3) is 5.26. The summed E-state index contributed by atoms with van der Waals surface area (Å²) in [5.74, 6) is -0.334. The van der Waals surface area contributed by atoms with E-state index in [2.05, 4.69) is 5.32 Å². The van der Waals surface area contributed by atoms with Crippen LogP contribution in [-0.2, 0) is 10.0 Å². The summed E-state index contributed by atoms with van der Waals surface area (Å²) in [5, 5.41) is 3.14. The highest BCUT2D eigenvalue weighted by Gasteiger charge is 2.29. The largest absolute Gasteiger partial charge is 0.325 e. The number of halogens is 2. The van der Waals surface area contributed by atoms with Gasteiger partial charge in [0.15, 0.2) is 0 Å². The molecule has 0 aromatic heterocycles. The third-order valence-corrected chi connectivity index (χ3v) is 6.75. The Morgan fingerprint density at radius 2 is 1.83 bits per heavy atom. The van der Waals surface area contributed by atoms with Gasteiger partial charge in [-0.3, -0.25) is 0 Å². The van der Waals surface area contributed by atoms with Crippen LogP contribution < -0.4 is 5.32 Å². The fourth-order valence-corrected chi connectivity index (χ4v) is 4.50. The Labute approximate surface area is 175 Å². The minimum atomic E-state index is -3.21. The molecular formula is C20H23ClFN3O3S. The average Bonchev–Trinajstić information content (AvgIpc) is 2.68. The average molecular weight is 440 g/mol. The van der Waals surface area contributed by atoms with Gasteiger partial charge in [-0.15, -0.1) is 0 Å². The smallest absolute Gasteiger partial charge is 0.321 e. The van der Waals surface area contributed by atoms with Crippen molar-refractivity contribution in [3.05, 3.63) is 53.3 Å². The van der Waals surface area contributed by atoms with Crippen molar-refractivity contribution in [2.24, 2.45) is 0 Å². The maximum absolute atomic E-state index is 13.4. The predicted molar refractivity (Wildman–Crippen MR) is 113 cm³/mol. The van der Waals surface area contributed by atoms with Gasteiger partial charge in [-0.05, 0) is 48.2 Å². The van der Waals surface area contributed by atoms with E-state index < -0.39 is 10.0 Å². The SMILES string of the molecule is CN(C(=O)Nc1ccc(-c2cccc(F)c2)cc1Cl)C1CCN(S(C)(=O)=O)CC1. The summed E-state index contributed by atoms with van der Waals surface area (Å²) in [5.41, 5.74) is 1.89. The van der Waals surface area contributed by atoms with Gasteiger partial charge < -0.3 is 10.2 Å². The lowest BCUT2D eigenvalue weighted by atomic mass is 10.1. The van der Waals surface area contributed by atoms with Crippen molar-refractivity contribution in [3.8, 4) is 11.1 Å². The number of nitrogens with zero attached hydrogens (tertiary/aromatic N) is 2. The molecule has 0 bridgehead atoms. The van der Waals surface area contributed by atoms with Crippen molar-refractivity contribution in [3.63, 3.8) is 0 Å². The molecule has 0 spiro atoms. The second kappa shape index (κ2) is 8.69. The summed E-state index contributed by atoms with van der Waals surface area (Å²) in [6, 6.07) is 10.9. The monoisotopic (exact) mass is 439 g/mol. The van der Waals surface area contributed by atoms with Crippen molar-refractivity contribution in [1.29, 1.82) is 0 Å². The Balaban J connectivity index is 1.64. The molecule has 0 saturated carbocycles. The second-order valence-electron chi connectivity index (χ2n) is 7.14. The number of urea groups is 1. The first-order chi connectivity index (χ1) is 13.6. The van der Waals surface area contributed by atoms with Gasteiger partial charge in [0.05, 0.1) is 17.0 Å². The van der Waals surface area contributed by atoms with Gasteiger partial charge in [0.1, 0.15) is 5.82 Å². The Morgan fingerprint density at radius 1 is 1.17 bits per heavy atom. The number of benzene rings is 2.